The molecule has 2 amide bonds. The first kappa shape index (κ1) is 19.9. The van der Waals surface area contributed by atoms with Gasteiger partial charge in [0.15, 0.2) is 0 Å². The Bertz CT molecular complexity index is 1380. The van der Waals surface area contributed by atoms with E-state index in [0.29, 0.717) is 18.4 Å². The van der Waals surface area contributed by atoms with Crippen molar-refractivity contribution in [3.05, 3.63) is 74.7 Å². The predicted molar refractivity (Wildman–Crippen MR) is 111 cm³/mol. The van der Waals surface area contributed by atoms with E-state index in [0.717, 1.165) is 11.9 Å². The minimum absolute atomic E-state index is 0.00297. The van der Waals surface area contributed by atoms with Gasteiger partial charge in [0.2, 0.25) is 5.88 Å². The number of aryl methyl sites for hydroxylation is 1. The number of pyridine rings is 1. The topological polar surface area (TPSA) is 141 Å². The zero-order valence-corrected chi connectivity index (χ0v) is 16.9. The molecule has 1 unspecified atom stereocenters. The summed E-state index contributed by atoms with van der Waals surface area (Å²) in [7, 11) is 0. The maximum Gasteiger partial charge on any atom is 0.411 e. The molecule has 0 bridgehead atoms. The lowest BCUT2D eigenvalue weighted by atomic mass is 10.0. The highest BCUT2D eigenvalue weighted by Gasteiger charge is 2.50. The Balaban J connectivity index is 1.64. The first-order chi connectivity index (χ1) is 15.3. The van der Waals surface area contributed by atoms with Crippen molar-refractivity contribution >= 4 is 35.1 Å². The number of benzene rings is 1. The highest BCUT2D eigenvalue weighted by Crippen LogP contribution is 2.43. The molecule has 1 aliphatic carbocycles. The van der Waals surface area contributed by atoms with E-state index in [-0.39, 0.29) is 28.1 Å². The molecule has 4 N–H and O–H groups in total. The molecule has 162 valence electrons. The summed E-state index contributed by atoms with van der Waals surface area (Å²) in [6.45, 7) is 0. The van der Waals surface area contributed by atoms with E-state index in [9.17, 15) is 18.8 Å². The molecule has 1 aromatic carbocycles. The fourth-order valence-electron chi connectivity index (χ4n) is 4.22. The highest BCUT2D eigenvalue weighted by atomic mass is 35.5. The average Bonchev–Trinajstić information content (AvgIpc) is 3.23. The lowest BCUT2D eigenvalue weighted by Gasteiger charge is -2.28. The van der Waals surface area contributed by atoms with Gasteiger partial charge in [0.1, 0.15) is 35.0 Å². The molecule has 2 aliphatic rings. The molecule has 1 spiro atoms. The number of nitrogens with one attached hydrogen (secondary N) is 2. The smallest absolute Gasteiger partial charge is 0.391 e. The zero-order chi connectivity index (χ0) is 22.6. The first-order valence-electron chi connectivity index (χ1n) is 9.42. The van der Waals surface area contributed by atoms with Crippen molar-refractivity contribution in [2.45, 2.75) is 18.5 Å². The number of nitrogens with zero attached hydrogens (tertiary/aromatic N) is 3. The number of hydrogen-bond acceptors (Lipinski definition) is 7. The Kier molecular flexibility index (Phi) is 4.38. The van der Waals surface area contributed by atoms with Gasteiger partial charge < -0.3 is 21.1 Å². The number of carbonyl (C=O) groups excluding carboxylic acids is 2. The van der Waals surface area contributed by atoms with E-state index < -0.39 is 29.0 Å². The minimum atomic E-state index is -1.26. The second-order valence-corrected chi connectivity index (χ2v) is 7.71. The van der Waals surface area contributed by atoms with Crippen LogP contribution in [0.4, 0.5) is 20.7 Å². The summed E-state index contributed by atoms with van der Waals surface area (Å²) >= 11 is 6.37. The lowest BCUT2D eigenvalue weighted by molar-refractivity contribution is 0.0935. The van der Waals surface area contributed by atoms with E-state index in [4.69, 9.17) is 22.1 Å². The standard InChI is InChI=1S/C20H14ClFN6O4/c21-12-6-13(26-14-7-15(25-8-24-14)32-19(23)31)18(30)28-16(12)17(29)27-20(28)4-3-9-1-2-10(22)5-11(9)20/h1-2,5-8H,3-4H2,(H2,23,31)(H,27,29)(H,24,25,26). The largest absolute Gasteiger partial charge is 0.411 e. The molecule has 2 aromatic heterocycles. The van der Waals surface area contributed by atoms with Gasteiger partial charge in [-0.25, -0.2) is 19.2 Å². The van der Waals surface area contributed by atoms with Crippen molar-refractivity contribution in [1.29, 1.82) is 0 Å². The van der Waals surface area contributed by atoms with Crippen LogP contribution >= 0.6 is 11.6 Å². The quantitative estimate of drug-likeness (QED) is 0.547. The Morgan fingerprint density at radius 2 is 2.09 bits per heavy atom. The van der Waals surface area contributed by atoms with Crippen LogP contribution in [0.1, 0.15) is 28.0 Å². The number of fused-ring (bicyclic) bond motifs is 4. The Morgan fingerprint density at radius 3 is 2.88 bits per heavy atom. The van der Waals surface area contributed by atoms with Gasteiger partial charge in [0, 0.05) is 11.6 Å². The normalized spacial score (nSPS) is 18.2. The van der Waals surface area contributed by atoms with Gasteiger partial charge in [-0.3, -0.25) is 14.2 Å². The molecule has 0 saturated heterocycles. The molecule has 0 radical (unpaired) electrons. The van der Waals surface area contributed by atoms with E-state index >= 15 is 0 Å². The summed E-state index contributed by atoms with van der Waals surface area (Å²) in [5.74, 6) is -1.02. The van der Waals surface area contributed by atoms with E-state index in [1.54, 1.807) is 6.07 Å². The summed E-state index contributed by atoms with van der Waals surface area (Å²) in [5, 5.41) is 5.65. The predicted octanol–water partition coefficient (Wildman–Crippen LogP) is 2.02. The van der Waals surface area contributed by atoms with Gasteiger partial charge in [-0.1, -0.05) is 17.7 Å². The van der Waals surface area contributed by atoms with Gasteiger partial charge in [-0.2, -0.15) is 0 Å². The number of aromatic nitrogens is 3. The fraction of sp³-hybridized carbons (Fsp3) is 0.150. The molecule has 0 fully saturated rings. The maximum absolute atomic E-state index is 14.0. The van der Waals surface area contributed by atoms with Crippen LogP contribution in [0, 0.1) is 5.82 Å². The summed E-state index contributed by atoms with van der Waals surface area (Å²) in [5.41, 5.74) is 4.47. The SMILES string of the molecule is NC(=O)Oc1cc(Nc2cc(Cl)c3n(c2=O)C2(CCc4ccc(F)cc42)NC3=O)ncn1. The number of rotatable bonds is 3. The number of halogens is 2. The molecule has 0 saturated carbocycles. The summed E-state index contributed by atoms with van der Waals surface area (Å²) in [6.07, 6.45) is 0.940. The van der Waals surface area contributed by atoms with Gasteiger partial charge in [0.25, 0.3) is 11.5 Å². The number of carbonyl (C=O) groups is 2. The molecule has 3 aromatic rings. The minimum Gasteiger partial charge on any atom is -0.391 e. The Hall–Kier alpha value is -3.99. The van der Waals surface area contributed by atoms with Gasteiger partial charge in [0.05, 0.1) is 5.02 Å². The average molecular weight is 457 g/mol. The van der Waals surface area contributed by atoms with E-state index in [1.807, 2.05) is 0 Å². The second kappa shape index (κ2) is 7.02. The van der Waals surface area contributed by atoms with Crippen LogP contribution in [0.2, 0.25) is 5.02 Å². The second-order valence-electron chi connectivity index (χ2n) is 7.30. The molecule has 5 rings (SSSR count). The van der Waals surface area contributed by atoms with Crippen LogP contribution in [-0.4, -0.2) is 26.5 Å². The molecule has 10 nitrogen and oxygen atoms in total. The third kappa shape index (κ3) is 2.97. The third-order valence-corrected chi connectivity index (χ3v) is 5.74. The fourth-order valence-corrected chi connectivity index (χ4v) is 4.50. The number of anilines is 2. The summed E-state index contributed by atoms with van der Waals surface area (Å²) in [6, 6.07) is 6.85. The summed E-state index contributed by atoms with van der Waals surface area (Å²) < 4.78 is 20.0. The first-order valence-corrected chi connectivity index (χ1v) is 9.80. The molecule has 1 atom stereocenters. The maximum atomic E-state index is 14.0. The number of ether oxygens (including phenoxy) is 1. The summed E-state index contributed by atoms with van der Waals surface area (Å²) in [4.78, 5) is 44.9. The molecular formula is C20H14ClFN6O4. The van der Waals surface area contributed by atoms with Crippen LogP contribution in [0.3, 0.4) is 0 Å². The van der Waals surface area contributed by atoms with E-state index in [2.05, 4.69) is 20.6 Å². The van der Waals surface area contributed by atoms with Crippen LogP contribution in [0.25, 0.3) is 0 Å². The molecule has 3 heterocycles. The lowest BCUT2D eigenvalue weighted by Crippen LogP contribution is -2.46. The monoisotopic (exact) mass is 456 g/mol. The Labute approximate surface area is 184 Å². The molecular weight excluding hydrogens is 443 g/mol. The molecule has 32 heavy (non-hydrogen) atoms. The van der Waals surface area contributed by atoms with Crippen LogP contribution in [-0.2, 0) is 12.1 Å². The van der Waals surface area contributed by atoms with Crippen molar-refractivity contribution in [3.8, 4) is 5.88 Å². The van der Waals surface area contributed by atoms with Gasteiger partial charge in [-0.15, -0.1) is 0 Å². The Morgan fingerprint density at radius 1 is 1.28 bits per heavy atom. The zero-order valence-electron chi connectivity index (χ0n) is 16.2. The molecule has 12 heteroatoms. The van der Waals surface area contributed by atoms with Crippen LogP contribution in [0.5, 0.6) is 5.88 Å². The van der Waals surface area contributed by atoms with Crippen LogP contribution in [0.15, 0.2) is 41.5 Å². The number of nitrogens with two attached hydrogens (primary N) is 1. The number of hydrogen-bond donors (Lipinski definition) is 3. The van der Waals surface area contributed by atoms with Gasteiger partial charge in [-0.05, 0) is 36.6 Å². The highest BCUT2D eigenvalue weighted by molar-refractivity contribution is 6.34. The van der Waals surface area contributed by atoms with Crippen molar-refractivity contribution in [2.24, 2.45) is 5.73 Å². The molecule has 1 aliphatic heterocycles. The third-order valence-electron chi connectivity index (χ3n) is 5.46. The van der Waals surface area contributed by atoms with Crippen molar-refractivity contribution < 1.29 is 18.7 Å². The van der Waals surface area contributed by atoms with Crippen molar-refractivity contribution in [1.82, 2.24) is 19.9 Å². The van der Waals surface area contributed by atoms with E-state index in [1.165, 1.54) is 28.8 Å². The van der Waals surface area contributed by atoms with Crippen molar-refractivity contribution in [3.63, 3.8) is 0 Å². The van der Waals surface area contributed by atoms with Crippen LogP contribution < -0.4 is 26.7 Å². The van der Waals surface area contributed by atoms with Crippen molar-refractivity contribution in [2.75, 3.05) is 5.32 Å². The number of primary amides is 1. The number of amides is 2. The van der Waals surface area contributed by atoms with Gasteiger partial charge >= 0.3 is 6.09 Å².